The maximum absolute atomic E-state index is 12.2. The number of ether oxygens (including phenoxy) is 1. The molecule has 5 nitrogen and oxygen atoms in total. The molecule has 0 radical (unpaired) electrons. The first-order valence-corrected chi connectivity index (χ1v) is 8.64. The van der Waals surface area contributed by atoms with Crippen LogP contribution < -0.4 is 10.1 Å². The van der Waals surface area contributed by atoms with E-state index in [2.05, 4.69) is 5.32 Å². The van der Waals surface area contributed by atoms with Gasteiger partial charge in [-0.15, -0.1) is 0 Å². The van der Waals surface area contributed by atoms with Crippen LogP contribution in [0, 0.1) is 5.92 Å². The van der Waals surface area contributed by atoms with Gasteiger partial charge in [0.2, 0.25) is 0 Å². The summed E-state index contributed by atoms with van der Waals surface area (Å²) in [5.41, 5.74) is 1.01. The normalized spacial score (nSPS) is 18.0. The van der Waals surface area contributed by atoms with Crippen LogP contribution in [-0.2, 0) is 6.54 Å². The van der Waals surface area contributed by atoms with Crippen molar-refractivity contribution in [2.45, 2.75) is 26.0 Å². The maximum Gasteiger partial charge on any atom is 0.317 e. The van der Waals surface area contributed by atoms with Crippen LogP contribution >= 0.6 is 0 Å². The van der Waals surface area contributed by atoms with Crippen molar-refractivity contribution in [1.82, 2.24) is 10.2 Å². The average Bonchev–Trinajstić information content (AvgIpc) is 3.12. The number of rotatable bonds is 5. The Morgan fingerprint density at radius 1 is 1.20 bits per heavy atom. The molecule has 1 saturated heterocycles. The van der Waals surface area contributed by atoms with Crippen molar-refractivity contribution >= 4 is 6.03 Å². The summed E-state index contributed by atoms with van der Waals surface area (Å²) in [5, 5.41) is 12.6. The van der Waals surface area contributed by atoms with Gasteiger partial charge in [-0.05, 0) is 43.2 Å². The number of nitrogens with zero attached hydrogens (tertiary/aromatic N) is 1. The Balaban J connectivity index is 1.48. The van der Waals surface area contributed by atoms with Crippen LogP contribution in [0.25, 0.3) is 0 Å². The summed E-state index contributed by atoms with van der Waals surface area (Å²) >= 11 is 0. The van der Waals surface area contributed by atoms with Crippen LogP contribution in [0.5, 0.6) is 11.5 Å². The Kier molecular flexibility index (Phi) is 5.56. The molecule has 3 rings (SSSR count). The van der Waals surface area contributed by atoms with Gasteiger partial charge < -0.3 is 20.1 Å². The van der Waals surface area contributed by atoms with Gasteiger partial charge in [0, 0.05) is 25.6 Å². The van der Waals surface area contributed by atoms with Crippen LogP contribution in [0.1, 0.15) is 18.9 Å². The van der Waals surface area contributed by atoms with E-state index in [1.54, 1.807) is 11.8 Å². The SMILES string of the molecule is C[C@H](O)[C@H]1CCN(C(=O)NCc2ccc(Oc3ccccc3)cc2)C1. The molecule has 25 heavy (non-hydrogen) atoms. The molecule has 0 saturated carbocycles. The second-order valence-electron chi connectivity index (χ2n) is 6.45. The zero-order valence-electron chi connectivity index (χ0n) is 14.4. The van der Waals surface area contributed by atoms with Gasteiger partial charge in [-0.3, -0.25) is 0 Å². The third kappa shape index (κ3) is 4.73. The van der Waals surface area contributed by atoms with Crippen molar-refractivity contribution in [2.24, 2.45) is 5.92 Å². The van der Waals surface area contributed by atoms with Crippen LogP contribution in [0.3, 0.4) is 0 Å². The van der Waals surface area contributed by atoms with E-state index in [9.17, 15) is 9.90 Å². The van der Waals surface area contributed by atoms with Crippen LogP contribution in [-0.4, -0.2) is 35.2 Å². The molecule has 0 bridgehead atoms. The van der Waals surface area contributed by atoms with Crippen LogP contribution in [0.4, 0.5) is 4.79 Å². The van der Waals surface area contributed by atoms with Crippen LogP contribution in [0.2, 0.25) is 0 Å². The number of urea groups is 1. The first kappa shape index (κ1) is 17.3. The molecule has 2 aromatic carbocycles. The van der Waals surface area contributed by atoms with Gasteiger partial charge in [0.1, 0.15) is 11.5 Å². The summed E-state index contributed by atoms with van der Waals surface area (Å²) in [7, 11) is 0. The zero-order valence-corrected chi connectivity index (χ0v) is 14.4. The number of amides is 2. The number of nitrogens with one attached hydrogen (secondary N) is 1. The van der Waals surface area contributed by atoms with E-state index < -0.39 is 0 Å². The first-order valence-electron chi connectivity index (χ1n) is 8.64. The molecule has 2 aromatic rings. The second-order valence-corrected chi connectivity index (χ2v) is 6.45. The molecule has 132 valence electrons. The lowest BCUT2D eigenvalue weighted by molar-refractivity contribution is 0.129. The van der Waals surface area contributed by atoms with Crippen molar-refractivity contribution in [3.63, 3.8) is 0 Å². The van der Waals surface area contributed by atoms with Crippen molar-refractivity contribution in [3.8, 4) is 11.5 Å². The van der Waals surface area contributed by atoms with Gasteiger partial charge in [-0.2, -0.15) is 0 Å². The third-order valence-electron chi connectivity index (χ3n) is 4.54. The number of benzene rings is 2. The molecule has 2 atom stereocenters. The largest absolute Gasteiger partial charge is 0.457 e. The fourth-order valence-electron chi connectivity index (χ4n) is 2.95. The molecule has 0 aromatic heterocycles. The second kappa shape index (κ2) is 8.03. The quantitative estimate of drug-likeness (QED) is 0.877. The molecule has 0 aliphatic carbocycles. The first-order chi connectivity index (χ1) is 12.1. The van der Waals surface area contributed by atoms with E-state index in [0.29, 0.717) is 19.6 Å². The number of hydrogen-bond donors (Lipinski definition) is 2. The molecule has 0 unspecified atom stereocenters. The molecule has 5 heteroatoms. The van der Waals surface area contributed by atoms with Gasteiger partial charge in [-0.1, -0.05) is 30.3 Å². The lowest BCUT2D eigenvalue weighted by Crippen LogP contribution is -2.38. The fourth-order valence-corrected chi connectivity index (χ4v) is 2.95. The van der Waals surface area contributed by atoms with Gasteiger partial charge in [0.15, 0.2) is 0 Å². The zero-order chi connectivity index (χ0) is 17.6. The van der Waals surface area contributed by atoms with E-state index in [4.69, 9.17) is 4.74 Å². The Labute approximate surface area is 148 Å². The van der Waals surface area contributed by atoms with Crippen molar-refractivity contribution < 1.29 is 14.6 Å². The molecule has 2 N–H and O–H groups in total. The van der Waals surface area contributed by atoms with E-state index >= 15 is 0 Å². The molecule has 1 aliphatic rings. The molecule has 1 fully saturated rings. The van der Waals surface area contributed by atoms with Crippen molar-refractivity contribution in [2.75, 3.05) is 13.1 Å². The van der Waals surface area contributed by atoms with Gasteiger partial charge >= 0.3 is 6.03 Å². The topological polar surface area (TPSA) is 61.8 Å². The molecule has 1 aliphatic heterocycles. The Morgan fingerprint density at radius 2 is 1.88 bits per heavy atom. The Bertz CT molecular complexity index is 686. The highest BCUT2D eigenvalue weighted by atomic mass is 16.5. The minimum absolute atomic E-state index is 0.0761. The number of para-hydroxylation sites is 1. The third-order valence-corrected chi connectivity index (χ3v) is 4.54. The highest BCUT2D eigenvalue weighted by molar-refractivity contribution is 5.74. The van der Waals surface area contributed by atoms with Gasteiger partial charge in [0.05, 0.1) is 6.10 Å². The smallest absolute Gasteiger partial charge is 0.317 e. The summed E-state index contributed by atoms with van der Waals surface area (Å²) in [6.07, 6.45) is 0.492. The van der Waals surface area contributed by atoms with E-state index in [0.717, 1.165) is 23.5 Å². The minimum Gasteiger partial charge on any atom is -0.457 e. The van der Waals surface area contributed by atoms with E-state index in [1.807, 2.05) is 54.6 Å². The Hall–Kier alpha value is -2.53. The predicted molar refractivity (Wildman–Crippen MR) is 96.6 cm³/mol. The number of aliphatic hydroxyl groups is 1. The fraction of sp³-hybridized carbons (Fsp3) is 0.350. The monoisotopic (exact) mass is 340 g/mol. The standard InChI is InChI=1S/C20H24N2O3/c1-15(23)17-11-12-22(14-17)20(24)21-13-16-7-9-19(10-8-16)25-18-5-3-2-4-6-18/h2-10,15,17,23H,11-14H2,1H3,(H,21,24)/t15-,17-/m0/s1. The van der Waals surface area contributed by atoms with E-state index in [-0.39, 0.29) is 18.1 Å². The number of carbonyl (C=O) groups excluding carboxylic acids is 1. The van der Waals surface area contributed by atoms with Gasteiger partial charge in [-0.25, -0.2) is 4.79 Å². The van der Waals surface area contributed by atoms with Crippen LogP contribution in [0.15, 0.2) is 54.6 Å². The predicted octanol–water partition coefficient (Wildman–Crippen LogP) is 3.39. The molecule has 0 spiro atoms. The number of likely N-dealkylation sites (tertiary alicyclic amines) is 1. The van der Waals surface area contributed by atoms with Crippen molar-refractivity contribution in [3.05, 3.63) is 60.2 Å². The average molecular weight is 340 g/mol. The number of carbonyl (C=O) groups is 1. The van der Waals surface area contributed by atoms with Gasteiger partial charge in [0.25, 0.3) is 0 Å². The lowest BCUT2D eigenvalue weighted by atomic mass is 10.0. The lowest BCUT2D eigenvalue weighted by Gasteiger charge is -2.18. The summed E-state index contributed by atoms with van der Waals surface area (Å²) in [6.45, 7) is 3.57. The molecule has 1 heterocycles. The summed E-state index contributed by atoms with van der Waals surface area (Å²) in [5.74, 6) is 1.74. The number of aliphatic hydroxyl groups excluding tert-OH is 1. The highest BCUT2D eigenvalue weighted by Crippen LogP contribution is 2.22. The minimum atomic E-state index is -0.366. The molecule has 2 amide bonds. The summed E-state index contributed by atoms with van der Waals surface area (Å²) < 4.78 is 5.76. The summed E-state index contributed by atoms with van der Waals surface area (Å²) in [4.78, 5) is 14.0. The number of hydrogen-bond acceptors (Lipinski definition) is 3. The van der Waals surface area contributed by atoms with Crippen molar-refractivity contribution in [1.29, 1.82) is 0 Å². The van der Waals surface area contributed by atoms with E-state index in [1.165, 1.54) is 0 Å². The molecular weight excluding hydrogens is 316 g/mol. The maximum atomic E-state index is 12.2. The summed E-state index contributed by atoms with van der Waals surface area (Å²) in [6, 6.07) is 17.2. The highest BCUT2D eigenvalue weighted by Gasteiger charge is 2.28. The molecular formula is C20H24N2O3. The Morgan fingerprint density at radius 3 is 2.52 bits per heavy atom.